The van der Waals surface area contributed by atoms with Crippen molar-refractivity contribution >= 4 is 24.0 Å². The van der Waals surface area contributed by atoms with Gasteiger partial charge >= 0.3 is 6.03 Å². The van der Waals surface area contributed by atoms with Gasteiger partial charge in [0.2, 0.25) is 0 Å². The maximum absolute atomic E-state index is 13.2. The molecule has 2 saturated heterocycles. The SMILES string of the molecule is O=C(c1cc(N2CCN(C(=O)N3N=CCC3c3ccccc3)CC2)ncn1)N1CCCCCC1. The van der Waals surface area contributed by atoms with Crippen LogP contribution in [0, 0.1) is 0 Å². The summed E-state index contributed by atoms with van der Waals surface area (Å²) in [5.74, 6) is 0.722. The number of rotatable bonds is 3. The molecule has 1 aromatic heterocycles. The molecule has 178 valence electrons. The van der Waals surface area contributed by atoms with Crippen molar-refractivity contribution in [3.8, 4) is 0 Å². The number of hydrogen-bond acceptors (Lipinski definition) is 6. The monoisotopic (exact) mass is 461 g/mol. The molecular formula is C25H31N7O2. The Labute approximate surface area is 200 Å². The van der Waals surface area contributed by atoms with Gasteiger partial charge in [0.25, 0.3) is 5.91 Å². The first kappa shape index (κ1) is 22.3. The number of amides is 3. The van der Waals surface area contributed by atoms with E-state index >= 15 is 0 Å². The summed E-state index contributed by atoms with van der Waals surface area (Å²) in [6, 6.07) is 11.7. The lowest BCUT2D eigenvalue weighted by atomic mass is 10.1. The van der Waals surface area contributed by atoms with E-state index in [1.807, 2.05) is 46.3 Å². The van der Waals surface area contributed by atoms with Crippen LogP contribution in [-0.4, -0.2) is 82.2 Å². The minimum atomic E-state index is -0.0676. The van der Waals surface area contributed by atoms with Gasteiger partial charge in [0.15, 0.2) is 0 Å². The molecule has 0 radical (unpaired) electrons. The highest BCUT2D eigenvalue weighted by atomic mass is 16.2. The molecule has 34 heavy (non-hydrogen) atoms. The standard InChI is InChI=1S/C25H31N7O2/c33-24(30-12-6-1-2-7-13-30)21-18-23(27-19-26-21)29-14-16-31(17-15-29)25(34)32-22(10-11-28-32)20-8-4-3-5-9-20/h3-5,8-9,11,18-19,22H,1-2,6-7,10,12-17H2. The highest BCUT2D eigenvalue weighted by Gasteiger charge is 2.33. The van der Waals surface area contributed by atoms with E-state index in [0.29, 0.717) is 31.9 Å². The van der Waals surface area contributed by atoms with Crippen molar-refractivity contribution < 1.29 is 9.59 Å². The molecule has 4 heterocycles. The van der Waals surface area contributed by atoms with E-state index in [9.17, 15) is 9.59 Å². The van der Waals surface area contributed by atoms with Gasteiger partial charge in [0.1, 0.15) is 17.8 Å². The first-order valence-electron chi connectivity index (χ1n) is 12.2. The third kappa shape index (κ3) is 4.73. The maximum Gasteiger partial charge on any atom is 0.341 e. The van der Waals surface area contributed by atoms with E-state index < -0.39 is 0 Å². The minimum Gasteiger partial charge on any atom is -0.353 e. The van der Waals surface area contributed by atoms with Crippen LogP contribution in [0.4, 0.5) is 10.6 Å². The normalized spacial score (nSPS) is 21.0. The predicted octanol–water partition coefficient (Wildman–Crippen LogP) is 3.17. The zero-order valence-electron chi connectivity index (χ0n) is 19.4. The fourth-order valence-corrected chi connectivity index (χ4v) is 4.89. The van der Waals surface area contributed by atoms with Gasteiger partial charge in [-0.05, 0) is 18.4 Å². The summed E-state index contributed by atoms with van der Waals surface area (Å²) in [5, 5.41) is 5.97. The molecule has 0 saturated carbocycles. The van der Waals surface area contributed by atoms with Gasteiger partial charge in [-0.25, -0.2) is 19.8 Å². The molecule has 1 atom stereocenters. The highest BCUT2D eigenvalue weighted by molar-refractivity contribution is 5.93. The average Bonchev–Trinajstić information content (AvgIpc) is 3.23. The zero-order valence-corrected chi connectivity index (χ0v) is 19.4. The molecule has 0 bridgehead atoms. The van der Waals surface area contributed by atoms with Crippen LogP contribution in [0.3, 0.4) is 0 Å². The largest absolute Gasteiger partial charge is 0.353 e. The average molecular weight is 462 g/mol. The van der Waals surface area contributed by atoms with Crippen molar-refractivity contribution in [2.75, 3.05) is 44.2 Å². The van der Waals surface area contributed by atoms with E-state index in [1.54, 1.807) is 11.1 Å². The Morgan fingerprint density at radius 1 is 0.824 bits per heavy atom. The quantitative estimate of drug-likeness (QED) is 0.701. The Morgan fingerprint density at radius 2 is 1.56 bits per heavy atom. The number of likely N-dealkylation sites (tertiary alicyclic amines) is 1. The van der Waals surface area contributed by atoms with Crippen LogP contribution in [-0.2, 0) is 0 Å². The van der Waals surface area contributed by atoms with Crippen LogP contribution < -0.4 is 4.90 Å². The Balaban J connectivity index is 1.21. The first-order valence-corrected chi connectivity index (χ1v) is 12.2. The summed E-state index contributed by atoms with van der Waals surface area (Å²) in [6.07, 6.45) is 8.46. The summed E-state index contributed by atoms with van der Waals surface area (Å²) in [6.45, 7) is 4.03. The van der Waals surface area contributed by atoms with E-state index in [0.717, 1.165) is 43.7 Å². The highest BCUT2D eigenvalue weighted by Crippen LogP contribution is 2.29. The number of hydrazone groups is 1. The van der Waals surface area contributed by atoms with Gasteiger partial charge in [-0.3, -0.25) is 4.79 Å². The molecule has 2 fully saturated rings. The Hall–Kier alpha value is -3.49. The molecule has 3 aliphatic heterocycles. The Morgan fingerprint density at radius 3 is 2.29 bits per heavy atom. The van der Waals surface area contributed by atoms with Crippen LogP contribution in [0.5, 0.6) is 0 Å². The summed E-state index contributed by atoms with van der Waals surface area (Å²) in [5.41, 5.74) is 1.54. The van der Waals surface area contributed by atoms with Crippen LogP contribution in [0.25, 0.3) is 0 Å². The summed E-state index contributed by atoms with van der Waals surface area (Å²) in [7, 11) is 0. The third-order valence-corrected chi connectivity index (χ3v) is 6.85. The fraction of sp³-hybridized carbons (Fsp3) is 0.480. The number of aromatic nitrogens is 2. The van der Waals surface area contributed by atoms with Crippen LogP contribution in [0.15, 0.2) is 47.8 Å². The molecule has 0 aliphatic carbocycles. The molecule has 0 spiro atoms. The van der Waals surface area contributed by atoms with Crippen LogP contribution >= 0.6 is 0 Å². The number of nitrogens with zero attached hydrogens (tertiary/aromatic N) is 7. The first-order chi connectivity index (χ1) is 16.7. The molecule has 1 unspecified atom stereocenters. The number of anilines is 1. The Bertz CT molecular complexity index is 1030. The predicted molar refractivity (Wildman–Crippen MR) is 130 cm³/mol. The molecule has 5 rings (SSSR count). The van der Waals surface area contributed by atoms with Crippen molar-refractivity contribution in [3.63, 3.8) is 0 Å². The van der Waals surface area contributed by atoms with Crippen LogP contribution in [0.2, 0.25) is 0 Å². The van der Waals surface area contributed by atoms with Crippen molar-refractivity contribution in [2.24, 2.45) is 5.10 Å². The van der Waals surface area contributed by atoms with Crippen molar-refractivity contribution in [1.29, 1.82) is 0 Å². The smallest absolute Gasteiger partial charge is 0.341 e. The lowest BCUT2D eigenvalue weighted by molar-refractivity contribution is 0.0755. The van der Waals surface area contributed by atoms with Gasteiger partial charge in [0, 0.05) is 58.0 Å². The lowest BCUT2D eigenvalue weighted by Gasteiger charge is -2.37. The second-order valence-corrected chi connectivity index (χ2v) is 9.03. The maximum atomic E-state index is 13.2. The van der Waals surface area contributed by atoms with Gasteiger partial charge in [0.05, 0.1) is 6.04 Å². The second-order valence-electron chi connectivity index (χ2n) is 9.03. The molecule has 0 N–H and O–H groups in total. The van der Waals surface area contributed by atoms with Gasteiger partial charge < -0.3 is 14.7 Å². The second kappa shape index (κ2) is 10.2. The van der Waals surface area contributed by atoms with Gasteiger partial charge in [-0.1, -0.05) is 43.2 Å². The van der Waals surface area contributed by atoms with E-state index in [1.165, 1.54) is 19.2 Å². The van der Waals surface area contributed by atoms with E-state index in [2.05, 4.69) is 20.0 Å². The summed E-state index contributed by atoms with van der Waals surface area (Å²) in [4.78, 5) is 40.7. The number of hydrogen-bond donors (Lipinski definition) is 0. The van der Waals surface area contributed by atoms with Gasteiger partial charge in [-0.2, -0.15) is 5.10 Å². The van der Waals surface area contributed by atoms with Crippen molar-refractivity contribution in [1.82, 2.24) is 24.8 Å². The summed E-state index contributed by atoms with van der Waals surface area (Å²) < 4.78 is 0. The van der Waals surface area contributed by atoms with Crippen LogP contribution in [0.1, 0.15) is 54.2 Å². The molecular weight excluding hydrogens is 430 g/mol. The van der Waals surface area contributed by atoms with E-state index in [-0.39, 0.29) is 18.0 Å². The summed E-state index contributed by atoms with van der Waals surface area (Å²) >= 11 is 0. The zero-order chi connectivity index (χ0) is 23.3. The van der Waals surface area contributed by atoms with Crippen molar-refractivity contribution in [3.05, 3.63) is 54.0 Å². The molecule has 3 aliphatic rings. The number of piperazine rings is 1. The number of carbonyl (C=O) groups is 2. The molecule has 9 heteroatoms. The number of carbonyl (C=O) groups excluding carboxylic acids is 2. The molecule has 2 aromatic rings. The number of benzene rings is 1. The molecule has 1 aromatic carbocycles. The lowest BCUT2D eigenvalue weighted by Crippen LogP contribution is -2.52. The number of urea groups is 1. The van der Waals surface area contributed by atoms with Gasteiger partial charge in [-0.15, -0.1) is 0 Å². The fourth-order valence-electron chi connectivity index (χ4n) is 4.89. The minimum absolute atomic E-state index is 0.0155. The molecule has 3 amide bonds. The Kier molecular flexibility index (Phi) is 6.69. The molecule has 9 nitrogen and oxygen atoms in total. The van der Waals surface area contributed by atoms with E-state index in [4.69, 9.17) is 0 Å². The third-order valence-electron chi connectivity index (χ3n) is 6.85. The topological polar surface area (TPSA) is 85.2 Å². The van der Waals surface area contributed by atoms with Crippen molar-refractivity contribution in [2.45, 2.75) is 38.1 Å².